The summed E-state index contributed by atoms with van der Waals surface area (Å²) in [7, 11) is 0. The summed E-state index contributed by atoms with van der Waals surface area (Å²) in [5, 5.41) is 6.87. The van der Waals surface area contributed by atoms with Crippen LogP contribution in [0.15, 0.2) is 28.8 Å². The van der Waals surface area contributed by atoms with E-state index in [0.29, 0.717) is 17.6 Å². The summed E-state index contributed by atoms with van der Waals surface area (Å²) < 4.78 is 5.40. The quantitative estimate of drug-likeness (QED) is 0.942. The Morgan fingerprint density at radius 3 is 2.95 bits per heavy atom. The first-order chi connectivity index (χ1) is 10.5. The second-order valence-electron chi connectivity index (χ2n) is 6.46. The first kappa shape index (κ1) is 14.8. The number of aryl methyl sites for hydroxylation is 1. The smallest absolute Gasteiger partial charge is 0.227 e. The number of aromatic nitrogens is 2. The Morgan fingerprint density at radius 1 is 1.41 bits per heavy atom. The van der Waals surface area contributed by atoms with Gasteiger partial charge in [-0.05, 0) is 43.7 Å². The van der Waals surface area contributed by atoms with Crippen molar-refractivity contribution in [1.82, 2.24) is 15.5 Å². The van der Waals surface area contributed by atoms with Crippen molar-refractivity contribution in [3.05, 3.63) is 47.1 Å². The molecule has 0 fully saturated rings. The molecule has 1 aromatic carbocycles. The van der Waals surface area contributed by atoms with Crippen molar-refractivity contribution < 1.29 is 9.32 Å². The summed E-state index contributed by atoms with van der Waals surface area (Å²) in [5.41, 5.74) is 2.19. The van der Waals surface area contributed by atoms with Crippen LogP contribution in [0.1, 0.15) is 56.0 Å². The van der Waals surface area contributed by atoms with Crippen LogP contribution in [0.2, 0.25) is 0 Å². The lowest BCUT2D eigenvalue weighted by Gasteiger charge is -2.20. The molecule has 0 saturated heterocycles. The SMILES string of the molecule is CC(=O)NC(C)(C)c1noc(C[C@@H]2CCc3ccccc32)n1. The highest BCUT2D eigenvalue weighted by molar-refractivity contribution is 5.73. The van der Waals surface area contributed by atoms with Crippen LogP contribution in [0.5, 0.6) is 0 Å². The lowest BCUT2D eigenvalue weighted by Crippen LogP contribution is -2.40. The van der Waals surface area contributed by atoms with Gasteiger partial charge in [0.05, 0.1) is 5.54 Å². The van der Waals surface area contributed by atoms with Gasteiger partial charge in [-0.3, -0.25) is 4.79 Å². The molecule has 1 amide bonds. The summed E-state index contributed by atoms with van der Waals surface area (Å²) in [4.78, 5) is 15.7. The maximum atomic E-state index is 11.3. The van der Waals surface area contributed by atoms with Gasteiger partial charge in [0.15, 0.2) is 5.82 Å². The predicted octanol–water partition coefficient (Wildman–Crippen LogP) is 2.71. The van der Waals surface area contributed by atoms with Crippen molar-refractivity contribution in [3.8, 4) is 0 Å². The second kappa shape index (κ2) is 5.55. The summed E-state index contributed by atoms with van der Waals surface area (Å²) >= 11 is 0. The molecule has 1 aliphatic carbocycles. The number of carbonyl (C=O) groups is 1. The van der Waals surface area contributed by atoms with E-state index >= 15 is 0 Å². The molecular weight excluding hydrogens is 278 g/mol. The average Bonchev–Trinajstić information content (AvgIpc) is 3.06. The molecule has 3 rings (SSSR count). The van der Waals surface area contributed by atoms with Crippen LogP contribution in [0.4, 0.5) is 0 Å². The van der Waals surface area contributed by atoms with Gasteiger partial charge in [-0.25, -0.2) is 0 Å². The molecule has 2 aromatic rings. The highest BCUT2D eigenvalue weighted by Gasteiger charge is 2.29. The number of nitrogens with zero attached hydrogens (tertiary/aromatic N) is 2. The molecule has 5 nitrogen and oxygen atoms in total. The van der Waals surface area contributed by atoms with Crippen LogP contribution in [0.25, 0.3) is 0 Å². The van der Waals surface area contributed by atoms with Crippen molar-refractivity contribution in [2.45, 2.75) is 51.5 Å². The Hall–Kier alpha value is -2.17. The van der Waals surface area contributed by atoms with Crippen LogP contribution in [-0.2, 0) is 23.2 Å². The largest absolute Gasteiger partial charge is 0.344 e. The van der Waals surface area contributed by atoms with E-state index in [4.69, 9.17) is 4.52 Å². The summed E-state index contributed by atoms with van der Waals surface area (Å²) in [5.74, 6) is 1.48. The van der Waals surface area contributed by atoms with Crippen molar-refractivity contribution in [1.29, 1.82) is 0 Å². The predicted molar refractivity (Wildman–Crippen MR) is 82.3 cm³/mol. The van der Waals surface area contributed by atoms with Crippen molar-refractivity contribution in [2.24, 2.45) is 0 Å². The van der Waals surface area contributed by atoms with Gasteiger partial charge in [-0.1, -0.05) is 29.4 Å². The maximum Gasteiger partial charge on any atom is 0.227 e. The maximum absolute atomic E-state index is 11.3. The molecule has 1 N–H and O–H groups in total. The van der Waals surface area contributed by atoms with E-state index in [9.17, 15) is 4.79 Å². The van der Waals surface area contributed by atoms with Crippen LogP contribution in [-0.4, -0.2) is 16.0 Å². The fraction of sp³-hybridized carbons (Fsp3) is 0.471. The van der Waals surface area contributed by atoms with Gasteiger partial charge >= 0.3 is 0 Å². The Morgan fingerprint density at radius 2 is 2.18 bits per heavy atom. The summed E-state index contributed by atoms with van der Waals surface area (Å²) in [6.07, 6.45) is 2.98. The Bertz CT molecular complexity index is 691. The Balaban J connectivity index is 1.74. The molecule has 0 unspecified atom stereocenters. The third-order valence-corrected chi connectivity index (χ3v) is 4.19. The molecule has 0 spiro atoms. The highest BCUT2D eigenvalue weighted by atomic mass is 16.5. The molecule has 0 aliphatic heterocycles. The highest BCUT2D eigenvalue weighted by Crippen LogP contribution is 2.35. The van der Waals surface area contributed by atoms with E-state index in [0.717, 1.165) is 19.3 Å². The van der Waals surface area contributed by atoms with Gasteiger partial charge in [0, 0.05) is 13.3 Å². The fourth-order valence-corrected chi connectivity index (χ4v) is 3.16. The lowest BCUT2D eigenvalue weighted by molar-refractivity contribution is -0.120. The van der Waals surface area contributed by atoms with Gasteiger partial charge < -0.3 is 9.84 Å². The normalized spacial score (nSPS) is 17.3. The zero-order valence-electron chi connectivity index (χ0n) is 13.2. The van der Waals surface area contributed by atoms with E-state index in [1.165, 1.54) is 18.1 Å². The molecule has 116 valence electrons. The van der Waals surface area contributed by atoms with Crippen LogP contribution < -0.4 is 5.32 Å². The number of rotatable bonds is 4. The van der Waals surface area contributed by atoms with E-state index in [1.807, 2.05) is 13.8 Å². The number of hydrogen-bond donors (Lipinski definition) is 1. The standard InChI is InChI=1S/C17H21N3O2/c1-11(21)19-17(2,3)16-18-15(22-20-16)10-13-9-8-12-6-4-5-7-14(12)13/h4-7,13H,8-10H2,1-3H3,(H,19,21)/t13-/m0/s1. The first-order valence-electron chi connectivity index (χ1n) is 7.65. The molecule has 5 heteroatoms. The molecule has 0 bridgehead atoms. The van der Waals surface area contributed by atoms with Crippen LogP contribution in [0.3, 0.4) is 0 Å². The minimum Gasteiger partial charge on any atom is -0.344 e. The number of benzene rings is 1. The van der Waals surface area contributed by atoms with Crippen LogP contribution in [0, 0.1) is 0 Å². The topological polar surface area (TPSA) is 68.0 Å². The zero-order chi connectivity index (χ0) is 15.7. The van der Waals surface area contributed by atoms with Crippen LogP contribution >= 0.6 is 0 Å². The molecule has 1 aliphatic rings. The molecular formula is C17H21N3O2. The molecule has 1 heterocycles. The van der Waals surface area contributed by atoms with Gasteiger partial charge in [-0.2, -0.15) is 4.98 Å². The first-order valence-corrected chi connectivity index (χ1v) is 7.65. The number of hydrogen-bond acceptors (Lipinski definition) is 4. The summed E-state index contributed by atoms with van der Waals surface area (Å²) in [6, 6.07) is 8.54. The number of amides is 1. The molecule has 0 radical (unpaired) electrons. The second-order valence-corrected chi connectivity index (χ2v) is 6.46. The lowest BCUT2D eigenvalue weighted by atomic mass is 9.98. The number of carbonyl (C=O) groups excluding carboxylic acids is 1. The number of nitrogens with one attached hydrogen (secondary N) is 1. The monoisotopic (exact) mass is 299 g/mol. The van der Waals surface area contributed by atoms with E-state index < -0.39 is 5.54 Å². The van der Waals surface area contributed by atoms with Crippen molar-refractivity contribution in [2.75, 3.05) is 0 Å². The minimum atomic E-state index is -0.624. The van der Waals surface area contributed by atoms with Crippen molar-refractivity contribution in [3.63, 3.8) is 0 Å². The third kappa shape index (κ3) is 2.89. The van der Waals surface area contributed by atoms with Gasteiger partial charge in [-0.15, -0.1) is 0 Å². The van der Waals surface area contributed by atoms with Gasteiger partial charge in [0.1, 0.15) is 0 Å². The molecule has 1 atom stereocenters. The fourth-order valence-electron chi connectivity index (χ4n) is 3.16. The Labute approximate surface area is 130 Å². The van der Waals surface area contributed by atoms with Gasteiger partial charge in [0.2, 0.25) is 11.8 Å². The van der Waals surface area contributed by atoms with E-state index in [-0.39, 0.29) is 5.91 Å². The van der Waals surface area contributed by atoms with E-state index in [2.05, 4.69) is 39.7 Å². The minimum absolute atomic E-state index is 0.110. The van der Waals surface area contributed by atoms with E-state index in [1.54, 1.807) is 0 Å². The third-order valence-electron chi connectivity index (χ3n) is 4.19. The molecule has 22 heavy (non-hydrogen) atoms. The molecule has 1 aromatic heterocycles. The van der Waals surface area contributed by atoms with Gasteiger partial charge in [0.25, 0.3) is 0 Å². The van der Waals surface area contributed by atoms with Crippen molar-refractivity contribution >= 4 is 5.91 Å². The molecule has 0 saturated carbocycles. The average molecular weight is 299 g/mol. The number of fused-ring (bicyclic) bond motifs is 1. The zero-order valence-corrected chi connectivity index (χ0v) is 13.2. The Kier molecular flexibility index (Phi) is 3.72. The summed E-state index contributed by atoms with van der Waals surface area (Å²) in [6.45, 7) is 5.22.